The van der Waals surface area contributed by atoms with Crippen LogP contribution in [0.5, 0.6) is 11.5 Å². The van der Waals surface area contributed by atoms with Crippen LogP contribution in [-0.4, -0.2) is 40.2 Å². The number of hydrogen-bond acceptors (Lipinski definition) is 6. The van der Waals surface area contributed by atoms with Gasteiger partial charge < -0.3 is 15.2 Å². The van der Waals surface area contributed by atoms with Crippen molar-refractivity contribution in [3.05, 3.63) is 55.9 Å². The topological polar surface area (TPSA) is 95.9 Å². The van der Waals surface area contributed by atoms with E-state index in [2.05, 4.69) is 21.2 Å². The van der Waals surface area contributed by atoms with E-state index in [9.17, 15) is 19.5 Å². The fraction of sp³-hybridized carbons (Fsp3) is 0.190. The molecule has 0 unspecified atom stereocenters. The van der Waals surface area contributed by atoms with Crippen LogP contribution >= 0.6 is 39.3 Å². The number of ether oxygens (including phenoxy) is 1. The van der Waals surface area contributed by atoms with Crippen LogP contribution in [0.2, 0.25) is 5.02 Å². The first-order valence-electron chi connectivity index (χ1n) is 9.16. The molecule has 1 aliphatic heterocycles. The van der Waals surface area contributed by atoms with Gasteiger partial charge in [-0.25, -0.2) is 0 Å². The lowest BCUT2D eigenvalue weighted by molar-refractivity contribution is -0.127. The molecule has 0 bridgehead atoms. The van der Waals surface area contributed by atoms with Gasteiger partial charge in [0.15, 0.2) is 11.5 Å². The monoisotopic (exact) mass is 524 g/mol. The number of aryl methyl sites for hydroxylation is 1. The van der Waals surface area contributed by atoms with Crippen LogP contribution in [0.4, 0.5) is 10.5 Å². The Morgan fingerprint density at radius 1 is 1.32 bits per heavy atom. The minimum Gasteiger partial charge on any atom is -0.503 e. The molecule has 0 saturated carbocycles. The third-order valence-electron chi connectivity index (χ3n) is 4.28. The SMILES string of the molecule is CCOc1cc(C=C2SC(=O)N(CC(=O)Nc3ccc(C)c(Cl)c3)C2=O)cc(Br)c1O. The van der Waals surface area contributed by atoms with Gasteiger partial charge in [-0.3, -0.25) is 19.3 Å². The lowest BCUT2D eigenvalue weighted by Crippen LogP contribution is -2.36. The maximum absolute atomic E-state index is 12.7. The average molecular weight is 526 g/mol. The summed E-state index contributed by atoms with van der Waals surface area (Å²) in [6, 6.07) is 8.20. The summed E-state index contributed by atoms with van der Waals surface area (Å²) < 4.78 is 5.76. The second-order valence-corrected chi connectivity index (χ2v) is 8.82. The molecular weight excluding hydrogens is 508 g/mol. The van der Waals surface area contributed by atoms with E-state index in [1.165, 1.54) is 6.08 Å². The number of amides is 3. The van der Waals surface area contributed by atoms with Crippen LogP contribution in [0.25, 0.3) is 6.08 Å². The minimum atomic E-state index is -0.575. The quantitative estimate of drug-likeness (QED) is 0.504. The van der Waals surface area contributed by atoms with Crippen molar-refractivity contribution in [2.24, 2.45) is 0 Å². The molecule has 31 heavy (non-hydrogen) atoms. The molecule has 0 aromatic heterocycles. The molecule has 2 aromatic rings. The predicted molar refractivity (Wildman–Crippen MR) is 124 cm³/mol. The highest BCUT2D eigenvalue weighted by atomic mass is 79.9. The van der Waals surface area contributed by atoms with Gasteiger partial charge in [0.1, 0.15) is 6.54 Å². The van der Waals surface area contributed by atoms with E-state index < -0.39 is 23.6 Å². The third kappa shape index (κ3) is 5.41. The number of benzene rings is 2. The minimum absolute atomic E-state index is 0.0556. The Kier molecular flexibility index (Phi) is 7.30. The molecule has 0 aliphatic carbocycles. The molecule has 1 fully saturated rings. The van der Waals surface area contributed by atoms with Crippen molar-refractivity contribution < 1.29 is 24.2 Å². The van der Waals surface area contributed by atoms with E-state index in [1.54, 1.807) is 37.3 Å². The number of phenols is 1. The molecule has 1 saturated heterocycles. The summed E-state index contributed by atoms with van der Waals surface area (Å²) >= 11 is 10.0. The zero-order valence-corrected chi connectivity index (χ0v) is 19.7. The number of anilines is 1. The summed E-state index contributed by atoms with van der Waals surface area (Å²) in [6.45, 7) is 3.55. The summed E-state index contributed by atoms with van der Waals surface area (Å²) in [7, 11) is 0. The van der Waals surface area contributed by atoms with Gasteiger partial charge in [-0.05, 0) is 83.0 Å². The second kappa shape index (κ2) is 9.76. The van der Waals surface area contributed by atoms with Crippen LogP contribution < -0.4 is 10.1 Å². The third-order valence-corrected chi connectivity index (χ3v) is 6.20. The van der Waals surface area contributed by atoms with Crippen LogP contribution in [0.1, 0.15) is 18.1 Å². The Balaban J connectivity index is 1.74. The zero-order valence-electron chi connectivity index (χ0n) is 16.6. The van der Waals surface area contributed by atoms with Crippen molar-refractivity contribution in [3.8, 4) is 11.5 Å². The molecule has 2 N–H and O–H groups in total. The number of carbonyl (C=O) groups excluding carboxylic acids is 3. The Morgan fingerprint density at radius 3 is 2.74 bits per heavy atom. The molecule has 2 aromatic carbocycles. The number of imide groups is 1. The number of phenolic OH excluding ortho intramolecular Hbond substituents is 1. The number of rotatable bonds is 6. The lowest BCUT2D eigenvalue weighted by Gasteiger charge is -2.13. The smallest absolute Gasteiger partial charge is 0.294 e. The van der Waals surface area contributed by atoms with Crippen molar-refractivity contribution in [2.45, 2.75) is 13.8 Å². The highest BCUT2D eigenvalue weighted by molar-refractivity contribution is 9.10. The number of halogens is 2. The number of aromatic hydroxyl groups is 1. The van der Waals surface area contributed by atoms with Gasteiger partial charge in [0.05, 0.1) is 16.0 Å². The molecule has 0 radical (unpaired) electrons. The van der Waals surface area contributed by atoms with Crippen LogP contribution in [0.15, 0.2) is 39.7 Å². The lowest BCUT2D eigenvalue weighted by atomic mass is 10.2. The maximum atomic E-state index is 12.7. The molecule has 1 aliphatic rings. The standard InChI is InChI=1S/C21H18BrClN2O5S/c1-3-30-16-7-12(6-14(22)19(16)27)8-17-20(28)25(21(29)31-17)10-18(26)24-13-5-4-11(2)15(23)9-13/h4-9,27H,3,10H2,1-2H3,(H,24,26). The Labute approximate surface area is 196 Å². The van der Waals surface area contributed by atoms with Gasteiger partial charge in [-0.1, -0.05) is 17.7 Å². The van der Waals surface area contributed by atoms with Gasteiger partial charge >= 0.3 is 0 Å². The molecule has 10 heteroatoms. The van der Waals surface area contributed by atoms with Crippen molar-refractivity contribution >= 4 is 68.1 Å². The number of thioether (sulfide) groups is 1. The average Bonchev–Trinajstić information content (AvgIpc) is 2.96. The molecule has 1 heterocycles. The van der Waals surface area contributed by atoms with E-state index in [1.807, 2.05) is 6.92 Å². The first-order valence-corrected chi connectivity index (χ1v) is 11.1. The van der Waals surface area contributed by atoms with Crippen molar-refractivity contribution in [2.75, 3.05) is 18.5 Å². The van der Waals surface area contributed by atoms with E-state index >= 15 is 0 Å². The van der Waals surface area contributed by atoms with E-state index in [4.69, 9.17) is 16.3 Å². The second-order valence-electron chi connectivity index (χ2n) is 6.56. The van der Waals surface area contributed by atoms with E-state index in [0.29, 0.717) is 27.4 Å². The summed E-state index contributed by atoms with van der Waals surface area (Å²) in [4.78, 5) is 38.4. The number of nitrogens with one attached hydrogen (secondary N) is 1. The van der Waals surface area contributed by atoms with Gasteiger partial charge in [-0.2, -0.15) is 0 Å². The zero-order chi connectivity index (χ0) is 22.7. The molecule has 3 rings (SSSR count). The highest BCUT2D eigenvalue weighted by Gasteiger charge is 2.36. The first kappa shape index (κ1) is 23.2. The maximum Gasteiger partial charge on any atom is 0.294 e. The fourth-order valence-corrected chi connectivity index (χ4v) is 4.22. The van der Waals surface area contributed by atoms with Crippen molar-refractivity contribution in [1.82, 2.24) is 4.90 Å². The van der Waals surface area contributed by atoms with Gasteiger partial charge in [0, 0.05) is 10.7 Å². The predicted octanol–water partition coefficient (Wildman–Crippen LogP) is 5.19. The molecule has 7 nitrogen and oxygen atoms in total. The first-order chi connectivity index (χ1) is 14.7. The number of hydrogen-bond donors (Lipinski definition) is 2. The van der Waals surface area contributed by atoms with Crippen LogP contribution in [-0.2, 0) is 9.59 Å². The molecule has 3 amide bonds. The molecule has 0 atom stereocenters. The molecule has 162 valence electrons. The summed E-state index contributed by atoms with van der Waals surface area (Å²) in [5, 5.41) is 12.6. The normalized spacial score (nSPS) is 15.0. The summed E-state index contributed by atoms with van der Waals surface area (Å²) in [5.74, 6) is -0.901. The molecular formula is C21H18BrClN2O5S. The van der Waals surface area contributed by atoms with Crippen molar-refractivity contribution in [1.29, 1.82) is 0 Å². The highest BCUT2D eigenvalue weighted by Crippen LogP contribution is 2.38. The summed E-state index contributed by atoms with van der Waals surface area (Å²) in [5.41, 5.74) is 1.89. The fourth-order valence-electron chi connectivity index (χ4n) is 2.75. The largest absolute Gasteiger partial charge is 0.503 e. The van der Waals surface area contributed by atoms with Crippen molar-refractivity contribution in [3.63, 3.8) is 0 Å². The van der Waals surface area contributed by atoms with E-state index in [0.717, 1.165) is 22.2 Å². The van der Waals surface area contributed by atoms with E-state index in [-0.39, 0.29) is 16.4 Å². The van der Waals surface area contributed by atoms with Gasteiger partial charge in [-0.15, -0.1) is 0 Å². The van der Waals surface area contributed by atoms with Crippen LogP contribution in [0, 0.1) is 6.92 Å². The Morgan fingerprint density at radius 2 is 2.06 bits per heavy atom. The molecule has 0 spiro atoms. The Hall–Kier alpha value is -2.49. The van der Waals surface area contributed by atoms with Gasteiger partial charge in [0.25, 0.3) is 11.1 Å². The number of carbonyl (C=O) groups is 3. The summed E-state index contributed by atoms with van der Waals surface area (Å²) in [6.07, 6.45) is 1.51. The van der Waals surface area contributed by atoms with Crippen LogP contribution in [0.3, 0.4) is 0 Å². The Bertz CT molecular complexity index is 1110. The number of nitrogens with zero attached hydrogens (tertiary/aromatic N) is 1. The van der Waals surface area contributed by atoms with Gasteiger partial charge in [0.2, 0.25) is 5.91 Å².